The van der Waals surface area contributed by atoms with Gasteiger partial charge in [0.2, 0.25) is 0 Å². The molecule has 14 heavy (non-hydrogen) atoms. The number of phenolic OH excluding ortho intramolecular Hbond substituents is 2. The van der Waals surface area contributed by atoms with Crippen molar-refractivity contribution >= 4 is 21.7 Å². The molecule has 2 N–H and O–H groups in total. The number of hydrogen-bond donors (Lipinski definition) is 2. The highest BCUT2D eigenvalue weighted by atomic mass is 32.2. The second kappa shape index (κ2) is 3.34. The average Bonchev–Trinajstić information content (AvgIpc) is 2.07. The van der Waals surface area contributed by atoms with Crippen LogP contribution < -0.4 is 0 Å². The Morgan fingerprint density at radius 1 is 1.43 bits per heavy atom. The van der Waals surface area contributed by atoms with E-state index in [9.17, 15) is 19.2 Å². The summed E-state index contributed by atoms with van der Waals surface area (Å²) in [6.45, 7) is 0. The predicted molar refractivity (Wildman–Crippen MR) is 54.6 cm³/mol. The van der Waals surface area contributed by atoms with E-state index >= 15 is 0 Å². The fraction of sp³-hybridized carbons (Fsp3) is 0.111. The molecule has 0 radical (unpaired) electrons. The van der Waals surface area contributed by atoms with E-state index in [0.29, 0.717) is 6.29 Å². The maximum Gasteiger partial charge on any atom is 0.173 e. The third-order valence-electron chi connectivity index (χ3n) is 1.68. The molecule has 1 aromatic carbocycles. The summed E-state index contributed by atoms with van der Waals surface area (Å²) in [6, 6.07) is 2.34. The van der Waals surface area contributed by atoms with Gasteiger partial charge in [0, 0.05) is 11.8 Å². The van der Waals surface area contributed by atoms with Gasteiger partial charge in [0.05, 0.1) is 4.90 Å². The Balaban J connectivity index is 3.58. The second-order valence-electron chi connectivity index (χ2n) is 3.01. The molecule has 0 amide bonds. The number of benzene rings is 1. The van der Waals surface area contributed by atoms with Gasteiger partial charge in [-0.05, 0) is 27.5 Å². The summed E-state index contributed by atoms with van der Waals surface area (Å²) in [4.78, 5) is 10.4. The fourth-order valence-electron chi connectivity index (χ4n) is 1.01. The molecule has 1 unspecified atom stereocenters. The highest BCUT2D eigenvalue weighted by molar-refractivity contribution is 7.99. The van der Waals surface area contributed by atoms with E-state index in [1.54, 1.807) is 0 Å². The van der Waals surface area contributed by atoms with Crippen molar-refractivity contribution in [3.05, 3.63) is 17.7 Å². The molecule has 0 saturated heterocycles. The minimum absolute atomic E-state index is 0.0143. The minimum Gasteiger partial charge on any atom is -0.504 e. The first-order chi connectivity index (χ1) is 6.36. The third kappa shape index (κ3) is 1.88. The Hall–Kier alpha value is -1.49. The molecular weight excluding hydrogens is 204 g/mol. The summed E-state index contributed by atoms with van der Waals surface area (Å²) in [7, 11) is -2.66. The van der Waals surface area contributed by atoms with Crippen molar-refractivity contribution in [1.82, 2.24) is 0 Å². The molecular formula is C9H10O4S. The Kier molecular flexibility index (Phi) is 2.53. The van der Waals surface area contributed by atoms with E-state index in [4.69, 9.17) is 0 Å². The van der Waals surface area contributed by atoms with Crippen molar-refractivity contribution in [2.75, 3.05) is 6.26 Å². The number of phenols is 2. The second-order valence-corrected chi connectivity index (χ2v) is 5.46. The molecule has 0 fully saturated rings. The molecule has 0 aliphatic rings. The third-order valence-corrected chi connectivity index (χ3v) is 2.92. The lowest BCUT2D eigenvalue weighted by molar-refractivity contribution is 0.112. The molecule has 5 heteroatoms. The standard InChI is InChI=1S/C9H10O4S/c1-14(2,13)8-4-6(5-10)3-7(11)9(8)12/h3-5,11-12H,1H2,2H3. The smallest absolute Gasteiger partial charge is 0.173 e. The lowest BCUT2D eigenvalue weighted by Crippen LogP contribution is -1.98. The SMILES string of the molecule is C=S(C)(=O)c1cc(C=O)cc(O)c1O. The number of aldehydes is 1. The molecule has 0 spiro atoms. The van der Waals surface area contributed by atoms with Crippen LogP contribution in [0, 0.1) is 0 Å². The number of rotatable bonds is 2. The van der Waals surface area contributed by atoms with E-state index < -0.39 is 21.0 Å². The van der Waals surface area contributed by atoms with Crippen LogP contribution in [0.4, 0.5) is 0 Å². The lowest BCUT2D eigenvalue weighted by atomic mass is 10.2. The van der Waals surface area contributed by atoms with Crippen molar-refractivity contribution < 1.29 is 19.2 Å². The van der Waals surface area contributed by atoms with Gasteiger partial charge in [0.1, 0.15) is 6.29 Å². The van der Waals surface area contributed by atoms with Gasteiger partial charge >= 0.3 is 0 Å². The molecule has 1 aromatic rings. The van der Waals surface area contributed by atoms with Crippen LogP contribution in [0.1, 0.15) is 10.4 Å². The lowest BCUT2D eigenvalue weighted by Gasteiger charge is -2.07. The summed E-state index contributed by atoms with van der Waals surface area (Å²) in [5.74, 6) is 2.40. The van der Waals surface area contributed by atoms with Crippen LogP contribution in [0.2, 0.25) is 0 Å². The van der Waals surface area contributed by atoms with Crippen molar-refractivity contribution in [2.45, 2.75) is 4.90 Å². The largest absolute Gasteiger partial charge is 0.504 e. The fourth-order valence-corrected chi connectivity index (χ4v) is 1.91. The Morgan fingerprint density at radius 3 is 2.43 bits per heavy atom. The summed E-state index contributed by atoms with van der Waals surface area (Å²) >= 11 is 0. The Labute approximate surface area is 81.8 Å². The number of aromatic hydroxyl groups is 2. The maximum absolute atomic E-state index is 11.5. The molecule has 0 bridgehead atoms. The van der Waals surface area contributed by atoms with E-state index in [1.807, 2.05) is 0 Å². The first-order valence-electron chi connectivity index (χ1n) is 3.69. The van der Waals surface area contributed by atoms with Crippen LogP contribution >= 0.6 is 0 Å². The number of hydrogen-bond acceptors (Lipinski definition) is 4. The van der Waals surface area contributed by atoms with Crippen molar-refractivity contribution in [2.24, 2.45) is 0 Å². The molecule has 1 atom stereocenters. The average molecular weight is 214 g/mol. The van der Waals surface area contributed by atoms with Gasteiger partial charge in [-0.3, -0.25) is 9.00 Å². The minimum atomic E-state index is -2.66. The van der Waals surface area contributed by atoms with Crippen LogP contribution in [-0.4, -0.2) is 32.8 Å². The van der Waals surface area contributed by atoms with Gasteiger partial charge in [-0.15, -0.1) is 0 Å². The number of carbonyl (C=O) groups excluding carboxylic acids is 1. The molecule has 1 rings (SSSR count). The normalized spacial score (nSPS) is 14.6. The molecule has 0 aliphatic carbocycles. The zero-order valence-corrected chi connectivity index (χ0v) is 8.37. The van der Waals surface area contributed by atoms with E-state index in [1.165, 1.54) is 12.3 Å². The molecule has 76 valence electrons. The molecule has 0 aromatic heterocycles. The van der Waals surface area contributed by atoms with Crippen molar-refractivity contribution in [3.63, 3.8) is 0 Å². The van der Waals surface area contributed by atoms with Crippen LogP contribution in [-0.2, 0) is 9.52 Å². The molecule has 0 heterocycles. The first kappa shape index (κ1) is 10.6. The first-order valence-corrected chi connectivity index (χ1v) is 5.83. The van der Waals surface area contributed by atoms with Crippen LogP contribution in [0.25, 0.3) is 0 Å². The van der Waals surface area contributed by atoms with Crippen molar-refractivity contribution in [1.29, 1.82) is 0 Å². The quantitative estimate of drug-likeness (QED) is 0.430. The van der Waals surface area contributed by atoms with E-state index in [0.717, 1.165) is 6.07 Å². The zero-order valence-electron chi connectivity index (χ0n) is 7.56. The highest BCUT2D eigenvalue weighted by Gasteiger charge is 2.13. The Bertz CT molecular complexity index is 474. The van der Waals surface area contributed by atoms with Crippen LogP contribution in [0.5, 0.6) is 11.5 Å². The predicted octanol–water partition coefficient (Wildman–Crippen LogP) is 0.615. The van der Waals surface area contributed by atoms with Gasteiger partial charge in [0.15, 0.2) is 11.5 Å². The summed E-state index contributed by atoms with van der Waals surface area (Å²) in [5, 5.41) is 18.6. The van der Waals surface area contributed by atoms with E-state index in [2.05, 4.69) is 5.87 Å². The van der Waals surface area contributed by atoms with Gasteiger partial charge in [-0.25, -0.2) is 0 Å². The Morgan fingerprint density at radius 2 is 2.00 bits per heavy atom. The van der Waals surface area contributed by atoms with Crippen LogP contribution in [0.3, 0.4) is 0 Å². The topological polar surface area (TPSA) is 74.6 Å². The molecule has 4 nitrogen and oxygen atoms in total. The van der Waals surface area contributed by atoms with Crippen LogP contribution in [0.15, 0.2) is 17.0 Å². The van der Waals surface area contributed by atoms with E-state index in [-0.39, 0.29) is 10.5 Å². The monoisotopic (exact) mass is 214 g/mol. The maximum atomic E-state index is 11.5. The highest BCUT2D eigenvalue weighted by Crippen LogP contribution is 2.32. The van der Waals surface area contributed by atoms with Crippen molar-refractivity contribution in [3.8, 4) is 11.5 Å². The zero-order chi connectivity index (χ0) is 10.9. The summed E-state index contributed by atoms with van der Waals surface area (Å²) in [6.07, 6.45) is 1.81. The molecule has 0 aliphatic heterocycles. The summed E-state index contributed by atoms with van der Waals surface area (Å²) < 4.78 is 11.5. The van der Waals surface area contributed by atoms with Gasteiger partial charge in [0.25, 0.3) is 0 Å². The summed E-state index contributed by atoms with van der Waals surface area (Å²) in [5.41, 5.74) is 0.147. The van der Waals surface area contributed by atoms with Gasteiger partial charge in [-0.1, -0.05) is 0 Å². The van der Waals surface area contributed by atoms with Gasteiger partial charge in [-0.2, -0.15) is 0 Å². The molecule has 0 saturated carbocycles. The van der Waals surface area contributed by atoms with Gasteiger partial charge < -0.3 is 10.2 Å². The number of carbonyl (C=O) groups is 1.